The van der Waals surface area contributed by atoms with Gasteiger partial charge in [0.05, 0.1) is 12.9 Å². The molecule has 138 valence electrons. The zero-order chi connectivity index (χ0) is 18.5. The van der Waals surface area contributed by atoms with Crippen LogP contribution < -0.4 is 0 Å². The third kappa shape index (κ3) is 4.18. The number of hydrogen-bond acceptors (Lipinski definition) is 8. The van der Waals surface area contributed by atoms with Gasteiger partial charge in [-0.2, -0.15) is 0 Å². The highest BCUT2D eigenvalue weighted by Crippen LogP contribution is 2.24. The van der Waals surface area contributed by atoms with Crippen molar-refractivity contribution in [3.8, 4) is 11.4 Å². The van der Waals surface area contributed by atoms with E-state index in [1.807, 2.05) is 23.7 Å². The fourth-order valence-electron chi connectivity index (χ4n) is 2.56. The largest absolute Gasteiger partial charge is 0.468 e. The number of methoxy groups -OCH3 is 1. The van der Waals surface area contributed by atoms with Gasteiger partial charge in [0.25, 0.3) is 0 Å². The summed E-state index contributed by atoms with van der Waals surface area (Å²) in [4.78, 5) is 29.9. The molecular weight excluding hydrogens is 374 g/mol. The van der Waals surface area contributed by atoms with E-state index in [1.165, 1.54) is 30.6 Å². The molecule has 1 aliphatic heterocycles. The number of amides is 1. The van der Waals surface area contributed by atoms with Crippen LogP contribution in [0.3, 0.4) is 0 Å². The van der Waals surface area contributed by atoms with Crippen molar-refractivity contribution >= 4 is 35.4 Å². The van der Waals surface area contributed by atoms with E-state index in [-0.39, 0.29) is 22.9 Å². The number of carbonyl (C=O) groups excluding carboxylic acids is 2. The summed E-state index contributed by atoms with van der Waals surface area (Å²) >= 11 is 2.87. The minimum atomic E-state index is -0.309. The Bertz CT molecular complexity index is 783. The lowest BCUT2D eigenvalue weighted by atomic mass is 10.2. The molecule has 0 N–H and O–H groups in total. The summed E-state index contributed by atoms with van der Waals surface area (Å²) < 4.78 is 6.64. The molecule has 0 aromatic carbocycles. The number of ether oxygens (including phenoxy) is 1. The van der Waals surface area contributed by atoms with Gasteiger partial charge in [-0.1, -0.05) is 11.8 Å². The van der Waals surface area contributed by atoms with E-state index in [2.05, 4.69) is 15.2 Å². The molecule has 8 nitrogen and oxygen atoms in total. The number of rotatable bonds is 5. The predicted molar refractivity (Wildman–Crippen MR) is 99.8 cm³/mol. The summed E-state index contributed by atoms with van der Waals surface area (Å²) in [7, 11) is 3.24. The standard InChI is InChI=1S/C16H19N5O3S2/c1-20-14(11-3-5-17-6-4-11)18-19-16(20)26-10-13(22)21-7-8-25-12(9-21)15(23)24-2/h3-6,12H,7-10H2,1-2H3/t12-/m1/s1. The molecule has 26 heavy (non-hydrogen) atoms. The molecule has 0 spiro atoms. The molecule has 1 aliphatic rings. The Balaban J connectivity index is 1.60. The molecule has 0 radical (unpaired) electrons. The van der Waals surface area contributed by atoms with E-state index in [0.717, 1.165) is 17.1 Å². The van der Waals surface area contributed by atoms with Crippen LogP contribution in [0, 0.1) is 0 Å². The van der Waals surface area contributed by atoms with Crippen LogP contribution in [-0.4, -0.2) is 73.5 Å². The Labute approximate surface area is 159 Å². The lowest BCUT2D eigenvalue weighted by molar-refractivity contribution is -0.141. The molecule has 0 unspecified atom stereocenters. The van der Waals surface area contributed by atoms with Crippen molar-refractivity contribution in [3.05, 3.63) is 24.5 Å². The minimum absolute atomic E-state index is 0.0161. The summed E-state index contributed by atoms with van der Waals surface area (Å²) in [6, 6.07) is 3.73. The SMILES string of the molecule is COC(=O)[C@H]1CN(C(=O)CSc2nnc(-c3ccncc3)n2C)CCS1. The Morgan fingerprint density at radius 3 is 2.85 bits per heavy atom. The van der Waals surface area contributed by atoms with Gasteiger partial charge in [-0.3, -0.25) is 14.6 Å². The molecule has 1 atom stereocenters. The number of esters is 1. The maximum absolute atomic E-state index is 12.5. The van der Waals surface area contributed by atoms with E-state index in [1.54, 1.807) is 17.3 Å². The molecule has 0 bridgehead atoms. The van der Waals surface area contributed by atoms with Gasteiger partial charge in [-0.25, -0.2) is 0 Å². The molecular formula is C16H19N5O3S2. The zero-order valence-electron chi connectivity index (χ0n) is 14.5. The van der Waals surface area contributed by atoms with Crippen molar-refractivity contribution in [1.29, 1.82) is 0 Å². The molecule has 3 rings (SSSR count). The molecule has 1 fully saturated rings. The maximum atomic E-state index is 12.5. The van der Waals surface area contributed by atoms with Crippen molar-refractivity contribution in [2.45, 2.75) is 10.4 Å². The second-order valence-corrected chi connectivity index (χ2v) is 7.87. The third-order valence-electron chi connectivity index (χ3n) is 3.98. The molecule has 0 saturated carbocycles. The quantitative estimate of drug-likeness (QED) is 0.551. The number of hydrogen-bond donors (Lipinski definition) is 0. The number of nitrogens with zero attached hydrogens (tertiary/aromatic N) is 5. The summed E-state index contributed by atoms with van der Waals surface area (Å²) in [6.45, 7) is 1.02. The summed E-state index contributed by atoms with van der Waals surface area (Å²) in [5.74, 6) is 1.41. The van der Waals surface area contributed by atoms with Gasteiger partial charge in [0, 0.05) is 43.8 Å². The van der Waals surface area contributed by atoms with Gasteiger partial charge >= 0.3 is 5.97 Å². The van der Waals surface area contributed by atoms with Crippen LogP contribution in [0.5, 0.6) is 0 Å². The monoisotopic (exact) mass is 393 g/mol. The van der Waals surface area contributed by atoms with Crippen LogP contribution in [-0.2, 0) is 21.4 Å². The molecule has 3 heterocycles. The Morgan fingerprint density at radius 1 is 1.35 bits per heavy atom. The third-order valence-corrected chi connectivity index (χ3v) is 6.15. The molecule has 2 aromatic rings. The highest BCUT2D eigenvalue weighted by atomic mass is 32.2. The van der Waals surface area contributed by atoms with Crippen LogP contribution in [0.25, 0.3) is 11.4 Å². The number of thioether (sulfide) groups is 2. The van der Waals surface area contributed by atoms with Crippen LogP contribution >= 0.6 is 23.5 Å². The first-order valence-corrected chi connectivity index (χ1v) is 10.0. The van der Waals surface area contributed by atoms with Gasteiger partial charge in [0.15, 0.2) is 11.0 Å². The highest BCUT2D eigenvalue weighted by Gasteiger charge is 2.29. The first-order chi connectivity index (χ1) is 12.6. The van der Waals surface area contributed by atoms with E-state index < -0.39 is 0 Å². The minimum Gasteiger partial charge on any atom is -0.468 e. The lowest BCUT2D eigenvalue weighted by Gasteiger charge is -2.30. The van der Waals surface area contributed by atoms with Gasteiger partial charge in [-0.15, -0.1) is 22.0 Å². The first-order valence-electron chi connectivity index (χ1n) is 8.00. The van der Waals surface area contributed by atoms with Crippen molar-refractivity contribution in [2.24, 2.45) is 7.05 Å². The van der Waals surface area contributed by atoms with Gasteiger partial charge < -0.3 is 14.2 Å². The van der Waals surface area contributed by atoms with Crippen molar-refractivity contribution in [3.63, 3.8) is 0 Å². The topological polar surface area (TPSA) is 90.2 Å². The van der Waals surface area contributed by atoms with Crippen molar-refractivity contribution in [2.75, 3.05) is 31.7 Å². The van der Waals surface area contributed by atoms with E-state index >= 15 is 0 Å². The highest BCUT2D eigenvalue weighted by molar-refractivity contribution is 8.00. The molecule has 1 amide bonds. The first kappa shape index (κ1) is 18.7. The molecule has 0 aliphatic carbocycles. The number of aromatic nitrogens is 4. The Morgan fingerprint density at radius 2 is 2.12 bits per heavy atom. The van der Waals surface area contributed by atoms with E-state index in [4.69, 9.17) is 4.74 Å². The van der Waals surface area contributed by atoms with Crippen LogP contribution in [0.2, 0.25) is 0 Å². The summed E-state index contributed by atoms with van der Waals surface area (Å²) in [5.41, 5.74) is 0.919. The van der Waals surface area contributed by atoms with Gasteiger partial charge in [0.1, 0.15) is 5.25 Å². The Hall–Kier alpha value is -2.07. The van der Waals surface area contributed by atoms with Gasteiger partial charge in [0.2, 0.25) is 5.91 Å². The molecule has 10 heteroatoms. The molecule has 1 saturated heterocycles. The number of pyridine rings is 1. The zero-order valence-corrected chi connectivity index (χ0v) is 16.1. The van der Waals surface area contributed by atoms with Gasteiger partial charge in [-0.05, 0) is 12.1 Å². The normalized spacial score (nSPS) is 17.2. The summed E-state index contributed by atoms with van der Waals surface area (Å²) in [6.07, 6.45) is 3.40. The maximum Gasteiger partial charge on any atom is 0.320 e. The number of carbonyl (C=O) groups is 2. The van der Waals surface area contributed by atoms with E-state index in [9.17, 15) is 9.59 Å². The van der Waals surface area contributed by atoms with Crippen LogP contribution in [0.1, 0.15) is 0 Å². The van der Waals surface area contributed by atoms with Crippen LogP contribution in [0.4, 0.5) is 0 Å². The fraction of sp³-hybridized carbons (Fsp3) is 0.438. The van der Waals surface area contributed by atoms with E-state index in [0.29, 0.717) is 18.2 Å². The average Bonchev–Trinajstić information content (AvgIpc) is 3.06. The fourth-order valence-corrected chi connectivity index (χ4v) is 4.50. The van der Waals surface area contributed by atoms with Crippen molar-refractivity contribution in [1.82, 2.24) is 24.6 Å². The smallest absolute Gasteiger partial charge is 0.320 e. The lowest BCUT2D eigenvalue weighted by Crippen LogP contribution is -2.45. The molecule has 2 aromatic heterocycles. The van der Waals surface area contributed by atoms with Crippen molar-refractivity contribution < 1.29 is 14.3 Å². The predicted octanol–water partition coefficient (Wildman–Crippen LogP) is 1.09. The average molecular weight is 393 g/mol. The second-order valence-electron chi connectivity index (χ2n) is 5.61. The Kier molecular flexibility index (Phi) is 6.15. The summed E-state index contributed by atoms with van der Waals surface area (Å²) in [5, 5.41) is 8.73. The van der Waals surface area contributed by atoms with Crippen LogP contribution in [0.15, 0.2) is 29.7 Å². The second kappa shape index (κ2) is 8.54.